The molecule has 19 heteroatoms. The maximum absolute atomic E-state index is 13.8. The van der Waals surface area contributed by atoms with E-state index < -0.39 is 74.8 Å². The fourth-order valence-electron chi connectivity index (χ4n) is 5.78. The number of nitro groups is 2. The van der Waals surface area contributed by atoms with Crippen LogP contribution in [0.25, 0.3) is 0 Å². The topological polar surface area (TPSA) is 235 Å². The van der Waals surface area contributed by atoms with Crippen LogP contribution in [0.15, 0.2) is 72.8 Å². The fraction of sp³-hybridized carbons (Fsp3) is 0.303. The van der Waals surface area contributed by atoms with Crippen molar-refractivity contribution in [2.45, 2.75) is 48.8 Å². The Balaban J connectivity index is 1.26. The number of esters is 2. The quantitative estimate of drug-likeness (QED) is 0.0871. The molecule has 0 spiro atoms. The molecule has 52 heavy (non-hydrogen) atoms. The van der Waals surface area contributed by atoms with Crippen LogP contribution in [0.3, 0.4) is 0 Å². The monoisotopic (exact) mass is 736 g/mol. The van der Waals surface area contributed by atoms with Gasteiger partial charge in [-0.2, -0.15) is 0 Å². The number of nitrogens with zero attached hydrogens (tertiary/aromatic N) is 4. The van der Waals surface area contributed by atoms with E-state index in [4.69, 9.17) is 18.9 Å². The Morgan fingerprint density at radius 2 is 1.31 bits per heavy atom. The number of carbonyl (C=O) groups is 5. The number of fused-ring (bicyclic) bond motifs is 1. The van der Waals surface area contributed by atoms with Crippen molar-refractivity contribution in [1.82, 2.24) is 9.80 Å². The summed E-state index contributed by atoms with van der Waals surface area (Å²) in [5.74, 6) is -6.57. The van der Waals surface area contributed by atoms with Gasteiger partial charge in [-0.15, -0.1) is 11.8 Å². The third kappa shape index (κ3) is 6.81. The fourth-order valence-corrected chi connectivity index (χ4v) is 7.36. The number of ether oxygens (including phenoxy) is 4. The number of hydrogen-bond acceptors (Lipinski definition) is 15. The summed E-state index contributed by atoms with van der Waals surface area (Å²) in [6.07, 6.45) is -2.29. The molecule has 0 bridgehead atoms. The van der Waals surface area contributed by atoms with Crippen molar-refractivity contribution >= 4 is 52.8 Å². The molecule has 3 heterocycles. The highest BCUT2D eigenvalue weighted by Gasteiger charge is 2.62. The summed E-state index contributed by atoms with van der Waals surface area (Å²) in [6, 6.07) is 14.5. The van der Waals surface area contributed by atoms with Crippen molar-refractivity contribution in [2.24, 2.45) is 0 Å². The summed E-state index contributed by atoms with van der Waals surface area (Å²) in [5, 5.41) is 30.2. The number of likely N-dealkylation sites (tertiary alicyclic amines) is 1. The molecular weight excluding hydrogens is 708 g/mol. The van der Waals surface area contributed by atoms with E-state index in [1.54, 1.807) is 0 Å². The van der Waals surface area contributed by atoms with E-state index in [0.717, 1.165) is 0 Å². The SMILES string of the molecule is CC1(C(S[C@@H]2[C@H](N3C(=O)c4ccccc4C3=O)C(=O)N2C(O)C(=O)OCc2ccc([N+](=O)[O-])cc2)C(=O)OCc2ccc([N+](=O)[O-])cc2)OCCO1. The van der Waals surface area contributed by atoms with E-state index in [1.165, 1.54) is 79.7 Å². The van der Waals surface area contributed by atoms with Gasteiger partial charge in [-0.3, -0.25) is 49.2 Å². The maximum atomic E-state index is 13.8. The van der Waals surface area contributed by atoms with Crippen molar-refractivity contribution in [2.75, 3.05) is 13.2 Å². The first-order chi connectivity index (χ1) is 24.8. The van der Waals surface area contributed by atoms with Crippen LogP contribution in [0.2, 0.25) is 0 Å². The Morgan fingerprint density at radius 3 is 1.77 bits per heavy atom. The van der Waals surface area contributed by atoms with Crippen LogP contribution < -0.4 is 0 Å². The molecule has 3 aliphatic rings. The molecule has 0 aromatic heterocycles. The second-order valence-electron chi connectivity index (χ2n) is 11.8. The molecule has 0 aliphatic carbocycles. The predicted molar refractivity (Wildman–Crippen MR) is 175 cm³/mol. The van der Waals surface area contributed by atoms with E-state index in [1.807, 2.05) is 0 Å². The minimum atomic E-state index is -2.29. The summed E-state index contributed by atoms with van der Waals surface area (Å²) >= 11 is 0.645. The van der Waals surface area contributed by atoms with E-state index in [2.05, 4.69) is 0 Å². The van der Waals surface area contributed by atoms with E-state index in [9.17, 15) is 49.3 Å². The lowest BCUT2D eigenvalue weighted by atomic mass is 10.0. The number of carbonyl (C=O) groups excluding carboxylic acids is 5. The second kappa shape index (κ2) is 14.5. The molecule has 2 fully saturated rings. The molecule has 1 N–H and O–H groups in total. The minimum absolute atomic E-state index is 0.0269. The number of β-lactam (4-membered cyclic amide) rings is 1. The summed E-state index contributed by atoms with van der Waals surface area (Å²) in [5.41, 5.74) is 0.401. The molecule has 0 saturated carbocycles. The number of amides is 3. The van der Waals surface area contributed by atoms with Crippen molar-refractivity contribution in [3.05, 3.63) is 115 Å². The average molecular weight is 737 g/mol. The summed E-state index contributed by atoms with van der Waals surface area (Å²) < 4.78 is 22.2. The third-order valence-electron chi connectivity index (χ3n) is 8.51. The highest BCUT2D eigenvalue weighted by Crippen LogP contribution is 2.44. The molecule has 6 rings (SSSR count). The predicted octanol–water partition coefficient (Wildman–Crippen LogP) is 2.31. The van der Waals surface area contributed by atoms with Gasteiger partial charge in [-0.25, -0.2) is 4.79 Å². The number of aliphatic hydroxyl groups excluding tert-OH is 1. The molecule has 3 amide bonds. The highest BCUT2D eigenvalue weighted by molar-refractivity contribution is 8.01. The Kier molecular flexibility index (Phi) is 10.0. The van der Waals surface area contributed by atoms with Crippen molar-refractivity contribution in [3.8, 4) is 0 Å². The van der Waals surface area contributed by atoms with Crippen molar-refractivity contribution in [1.29, 1.82) is 0 Å². The minimum Gasteiger partial charge on any atom is -0.460 e. The zero-order valence-electron chi connectivity index (χ0n) is 27.0. The molecule has 3 aromatic carbocycles. The second-order valence-corrected chi connectivity index (χ2v) is 13.0. The first kappa shape index (κ1) is 36.0. The van der Waals surface area contributed by atoms with Gasteiger partial charge in [0.25, 0.3) is 29.1 Å². The van der Waals surface area contributed by atoms with E-state index in [-0.39, 0.29) is 42.3 Å². The zero-order valence-corrected chi connectivity index (χ0v) is 27.8. The van der Waals surface area contributed by atoms with E-state index in [0.29, 0.717) is 32.7 Å². The molecule has 0 radical (unpaired) electrons. The standard InChI is InChI=1S/C33H28N4O14S/c1-33(50-14-15-51-33)25(31(42)48-16-18-6-10-20(11-7-18)36(44)45)52-30-24(34-26(38)22-4-2-3-5-23(22)27(34)39)28(40)35(30)29(41)32(43)49-17-19-8-12-21(13-9-19)37(46)47/h2-13,24-25,29-30,41H,14-17H2,1H3/t24-,25?,29?,30-/m1/s1. The summed E-state index contributed by atoms with van der Waals surface area (Å²) in [4.78, 5) is 89.7. The Labute approximate surface area is 297 Å². The van der Waals surface area contributed by atoms with Gasteiger partial charge >= 0.3 is 11.9 Å². The highest BCUT2D eigenvalue weighted by atomic mass is 32.2. The summed E-state index contributed by atoms with van der Waals surface area (Å²) in [6.45, 7) is 0.789. The van der Waals surface area contributed by atoms with Gasteiger partial charge in [0, 0.05) is 24.3 Å². The van der Waals surface area contributed by atoms with Gasteiger partial charge in [-0.05, 0) is 54.4 Å². The van der Waals surface area contributed by atoms with Crippen LogP contribution in [-0.2, 0) is 46.5 Å². The molecule has 3 aromatic rings. The number of benzene rings is 3. The normalized spacial score (nSPS) is 20.2. The van der Waals surface area contributed by atoms with Gasteiger partial charge in [0.1, 0.15) is 24.6 Å². The number of non-ortho nitro benzene ring substituents is 2. The third-order valence-corrected chi connectivity index (χ3v) is 10.2. The van der Waals surface area contributed by atoms with Crippen molar-refractivity contribution in [3.63, 3.8) is 0 Å². The lowest BCUT2D eigenvalue weighted by Crippen LogP contribution is -2.74. The molecule has 2 saturated heterocycles. The van der Waals surface area contributed by atoms with Crippen LogP contribution in [0.4, 0.5) is 11.4 Å². The Bertz CT molecular complexity index is 1920. The van der Waals surface area contributed by atoms with Gasteiger partial charge in [0.15, 0.2) is 11.0 Å². The number of aliphatic hydroxyl groups is 1. The first-order valence-electron chi connectivity index (χ1n) is 15.5. The lowest BCUT2D eigenvalue weighted by molar-refractivity contribution is -0.385. The zero-order chi connectivity index (χ0) is 37.3. The molecule has 2 unspecified atom stereocenters. The van der Waals surface area contributed by atoms with Gasteiger partial charge in [-0.1, -0.05) is 12.1 Å². The molecule has 18 nitrogen and oxygen atoms in total. The molecule has 270 valence electrons. The maximum Gasteiger partial charge on any atom is 0.356 e. The molecular formula is C33H28N4O14S. The van der Waals surface area contributed by atoms with Crippen LogP contribution in [0, 0.1) is 20.2 Å². The number of rotatable bonds is 13. The summed E-state index contributed by atoms with van der Waals surface area (Å²) in [7, 11) is 0. The van der Waals surface area contributed by atoms with Gasteiger partial charge in [0.05, 0.1) is 34.2 Å². The number of imide groups is 1. The van der Waals surface area contributed by atoms with E-state index >= 15 is 0 Å². The van der Waals surface area contributed by atoms with Crippen LogP contribution in [-0.4, -0.2) is 96.3 Å². The number of thioether (sulfide) groups is 1. The van der Waals surface area contributed by atoms with Crippen LogP contribution >= 0.6 is 11.8 Å². The molecule has 4 atom stereocenters. The van der Waals surface area contributed by atoms with Gasteiger partial charge < -0.3 is 24.1 Å². The Morgan fingerprint density at radius 1 is 0.846 bits per heavy atom. The average Bonchev–Trinajstić information content (AvgIpc) is 3.68. The molecule has 3 aliphatic heterocycles. The largest absolute Gasteiger partial charge is 0.460 e. The lowest BCUT2D eigenvalue weighted by Gasteiger charge is -2.51. The number of hydrogen-bond donors (Lipinski definition) is 1. The van der Waals surface area contributed by atoms with Crippen LogP contribution in [0.5, 0.6) is 0 Å². The van der Waals surface area contributed by atoms with Gasteiger partial charge in [0.2, 0.25) is 6.23 Å². The Hall–Kier alpha value is -5.76. The number of nitro benzene ring substituents is 2. The van der Waals surface area contributed by atoms with Crippen molar-refractivity contribution < 1.29 is 57.9 Å². The van der Waals surface area contributed by atoms with Crippen LogP contribution in [0.1, 0.15) is 38.8 Å². The first-order valence-corrected chi connectivity index (χ1v) is 16.5. The smallest absolute Gasteiger partial charge is 0.356 e.